The van der Waals surface area contributed by atoms with Crippen LogP contribution in [-0.4, -0.2) is 28.6 Å². The molecule has 0 spiro atoms. The summed E-state index contributed by atoms with van der Waals surface area (Å²) in [5, 5.41) is 2.48. The van der Waals surface area contributed by atoms with Crippen LogP contribution < -0.4 is 14.9 Å². The summed E-state index contributed by atoms with van der Waals surface area (Å²) in [7, 11) is -5.10. The number of ether oxygens (including phenoxy) is 1. The van der Waals surface area contributed by atoms with Gasteiger partial charge in [-0.3, -0.25) is 0 Å². The zero-order valence-electron chi connectivity index (χ0n) is 23.2. The maximum Gasteiger partial charge on any atom is 0.426 e. The number of hydrogen-bond donors (Lipinski definition) is 1. The minimum atomic E-state index is -3.99. The lowest BCUT2D eigenvalue weighted by molar-refractivity contribution is 0.207. The number of halogens is 5. The summed E-state index contributed by atoms with van der Waals surface area (Å²) >= 11 is 0. The number of hydrogen-bond acceptors (Lipinski definition) is 4. The average Bonchev–Trinajstić information content (AvgIpc) is 3.02. The topological polar surface area (TPSA) is 72.5 Å². The monoisotopic (exact) mass is 659 g/mol. The van der Waals surface area contributed by atoms with Crippen molar-refractivity contribution in [1.82, 2.24) is 4.72 Å². The van der Waals surface area contributed by atoms with Crippen LogP contribution in [0.4, 0.5) is 26.7 Å². The van der Waals surface area contributed by atoms with Gasteiger partial charge in [0.15, 0.2) is 22.3 Å². The molecule has 0 aromatic heterocycles. The molecule has 0 aliphatic rings. The van der Waals surface area contributed by atoms with E-state index in [1.54, 1.807) is 24.3 Å². The number of benzene rings is 5. The second-order valence-corrected chi connectivity index (χ2v) is 13.1. The molecule has 0 fully saturated rings. The molecule has 1 N–H and O–H groups in total. The summed E-state index contributed by atoms with van der Waals surface area (Å²) in [6.45, 7) is 1.85. The molecule has 0 saturated heterocycles. The van der Waals surface area contributed by atoms with E-state index in [0.717, 1.165) is 16.2 Å². The van der Waals surface area contributed by atoms with Gasteiger partial charge >= 0.3 is 6.09 Å². The fourth-order valence-corrected chi connectivity index (χ4v) is 6.34. The van der Waals surface area contributed by atoms with Gasteiger partial charge < -0.3 is 4.74 Å². The molecular weight excluding hydrogens is 632 g/mol. The lowest BCUT2D eigenvalue weighted by atomic mass is 9.94. The number of nitrogens with one attached hydrogen (secondary N) is 1. The van der Waals surface area contributed by atoms with E-state index in [1.165, 1.54) is 28.5 Å². The van der Waals surface area contributed by atoms with E-state index in [1.807, 2.05) is 29.8 Å². The van der Waals surface area contributed by atoms with E-state index in [-0.39, 0.29) is 21.5 Å². The van der Waals surface area contributed by atoms with Crippen molar-refractivity contribution in [3.05, 3.63) is 131 Å². The highest BCUT2D eigenvalue weighted by molar-refractivity contribution is 7.95. The highest BCUT2D eigenvalue weighted by Crippen LogP contribution is 2.25. The van der Waals surface area contributed by atoms with Crippen molar-refractivity contribution in [2.75, 3.05) is 6.26 Å². The molecule has 5 aromatic rings. The first-order valence-electron chi connectivity index (χ1n) is 12.8. The van der Waals surface area contributed by atoms with Gasteiger partial charge in [-0.25, -0.2) is 39.9 Å². The van der Waals surface area contributed by atoms with Gasteiger partial charge in [0, 0.05) is 16.5 Å². The van der Waals surface area contributed by atoms with Gasteiger partial charge in [-0.15, -0.1) is 5.46 Å². The molecule has 234 valence electrons. The summed E-state index contributed by atoms with van der Waals surface area (Å²) < 4.78 is 93.6. The van der Waals surface area contributed by atoms with Gasteiger partial charge in [0.2, 0.25) is 0 Å². The number of amides is 1. The normalized spacial score (nSPS) is 11.8. The number of carbonyl (C=O) groups excluding carboxylic acids is 1. The van der Waals surface area contributed by atoms with E-state index in [4.69, 9.17) is 4.74 Å². The van der Waals surface area contributed by atoms with E-state index in [2.05, 4.69) is 42.7 Å². The van der Waals surface area contributed by atoms with Gasteiger partial charge in [-0.1, -0.05) is 60.2 Å². The van der Waals surface area contributed by atoms with Crippen LogP contribution in [0.1, 0.15) is 11.1 Å². The average molecular weight is 660 g/mol. The number of sulfonamides is 1. The first-order valence-corrected chi connectivity index (χ1v) is 16.1. The van der Waals surface area contributed by atoms with Crippen LogP contribution in [0, 0.1) is 36.0 Å². The predicted molar refractivity (Wildman–Crippen MR) is 169 cm³/mol. The summed E-state index contributed by atoms with van der Waals surface area (Å²) in [5.41, 5.74) is 1.60. The molecule has 45 heavy (non-hydrogen) atoms. The van der Waals surface area contributed by atoms with Gasteiger partial charge in [-0.05, 0) is 61.9 Å². The van der Waals surface area contributed by atoms with Crippen molar-refractivity contribution < 1.29 is 39.9 Å². The summed E-state index contributed by atoms with van der Waals surface area (Å²) in [6.07, 6.45) is 1.13. The van der Waals surface area contributed by atoms with Crippen molar-refractivity contribution in [2.45, 2.75) is 22.5 Å². The SMILES string of the molecule is Cc1ccc(S(=O)(=O)NC(=O)Oc2ccc([S+](C)Cc3cccc4ccccc34)cc2)cc1.[BH3-]c1c(F)c(F)c(F)c(F)c1F. The first kappa shape index (κ1) is 33.5. The smallest absolute Gasteiger partial charge is 0.410 e. The van der Waals surface area contributed by atoms with Crippen molar-refractivity contribution in [2.24, 2.45) is 0 Å². The number of aryl methyl sites for hydroxylation is 1. The number of carbonyl (C=O) groups is 1. The molecule has 13 heteroatoms. The lowest BCUT2D eigenvalue weighted by Gasteiger charge is -2.09. The summed E-state index contributed by atoms with van der Waals surface area (Å²) in [4.78, 5) is 13.3. The second-order valence-electron chi connectivity index (χ2n) is 9.39. The fourth-order valence-electron chi connectivity index (χ4n) is 3.98. The maximum absolute atomic E-state index is 12.5. The first-order chi connectivity index (χ1) is 21.3. The highest BCUT2D eigenvalue weighted by Gasteiger charge is 2.21. The highest BCUT2D eigenvalue weighted by atomic mass is 32.2. The van der Waals surface area contributed by atoms with Crippen molar-refractivity contribution in [3.63, 3.8) is 0 Å². The third-order valence-corrected chi connectivity index (χ3v) is 9.38. The Bertz CT molecular complexity index is 1850. The molecule has 0 bridgehead atoms. The van der Waals surface area contributed by atoms with Crippen LogP contribution in [0.2, 0.25) is 0 Å². The van der Waals surface area contributed by atoms with E-state index in [0.29, 0.717) is 0 Å². The predicted octanol–water partition coefficient (Wildman–Crippen LogP) is 5.81. The molecule has 0 heterocycles. The molecule has 1 atom stereocenters. The minimum absolute atomic E-state index is 0.00357. The Kier molecular flexibility index (Phi) is 10.6. The lowest BCUT2D eigenvalue weighted by Crippen LogP contribution is -2.33. The van der Waals surface area contributed by atoms with Gasteiger partial charge in [0.1, 0.15) is 29.4 Å². The van der Waals surface area contributed by atoms with Crippen LogP contribution in [0.3, 0.4) is 0 Å². The molecule has 5 aromatic carbocycles. The number of fused-ring (bicyclic) bond motifs is 1. The van der Waals surface area contributed by atoms with E-state index in [9.17, 15) is 35.2 Å². The Hall–Kier alpha value is -4.36. The quantitative estimate of drug-likeness (QED) is 0.0823. The van der Waals surface area contributed by atoms with Crippen LogP contribution in [0.15, 0.2) is 101 Å². The van der Waals surface area contributed by atoms with E-state index < -0.39 is 58.5 Å². The third-order valence-electron chi connectivity index (χ3n) is 6.23. The Morgan fingerprint density at radius 3 is 1.96 bits per heavy atom. The van der Waals surface area contributed by atoms with Gasteiger partial charge in [-0.2, -0.15) is 0 Å². The molecule has 0 aliphatic carbocycles. The van der Waals surface area contributed by atoms with Crippen LogP contribution >= 0.6 is 0 Å². The molecular formula is C32H27BF5NO4S2. The molecule has 5 nitrogen and oxygen atoms in total. The van der Waals surface area contributed by atoms with Crippen molar-refractivity contribution in [1.29, 1.82) is 0 Å². The molecule has 0 radical (unpaired) electrons. The van der Waals surface area contributed by atoms with Crippen LogP contribution in [0.25, 0.3) is 10.8 Å². The van der Waals surface area contributed by atoms with Crippen molar-refractivity contribution in [3.8, 4) is 5.75 Å². The van der Waals surface area contributed by atoms with Gasteiger partial charge in [0.05, 0.1) is 4.90 Å². The van der Waals surface area contributed by atoms with E-state index >= 15 is 0 Å². The minimum Gasteiger partial charge on any atom is -0.410 e. The Labute approximate surface area is 260 Å². The Balaban J connectivity index is 0.000000323. The van der Waals surface area contributed by atoms with Crippen LogP contribution in [-0.2, 0) is 26.7 Å². The zero-order valence-corrected chi connectivity index (χ0v) is 24.8. The maximum atomic E-state index is 12.5. The largest absolute Gasteiger partial charge is 0.426 e. The number of rotatable bonds is 6. The molecule has 1 amide bonds. The Morgan fingerprint density at radius 1 is 0.778 bits per heavy atom. The Morgan fingerprint density at radius 2 is 1.33 bits per heavy atom. The summed E-state index contributed by atoms with van der Waals surface area (Å²) in [5.74, 6) is -7.96. The molecule has 0 saturated carbocycles. The molecule has 5 rings (SSSR count). The van der Waals surface area contributed by atoms with Crippen LogP contribution in [0.5, 0.6) is 5.75 Å². The zero-order chi connectivity index (χ0) is 32.9. The van der Waals surface area contributed by atoms with Gasteiger partial charge in [0.25, 0.3) is 10.0 Å². The van der Waals surface area contributed by atoms with Crippen molar-refractivity contribution >= 4 is 51.1 Å². The molecule has 0 aliphatic heterocycles. The summed E-state index contributed by atoms with van der Waals surface area (Å²) in [6, 6.07) is 28.1. The third kappa shape index (κ3) is 8.03. The second kappa shape index (κ2) is 14.2. The standard InChI is InChI=1S/C26H23NO4S2.C6H3BF5/c1-19-10-16-24(17-11-19)33(29,30)27-26(28)31-22-12-14-23(15-13-22)32(2)18-21-8-5-7-20-6-3-4-9-25(20)21;7-1-2(8)4(10)6(12)5(11)3(1)9/h3-17H,18H2,1-2H3;7H3/q;-1/p+1. The molecule has 1 unspecified atom stereocenters. The fraction of sp³-hybridized carbons (Fsp3) is 0.0938.